The van der Waals surface area contributed by atoms with Gasteiger partial charge in [0, 0.05) is 47.0 Å². The summed E-state index contributed by atoms with van der Waals surface area (Å²) < 4.78 is 21.7. The number of hydrogen-bond donors (Lipinski definition) is 2. The third kappa shape index (κ3) is 6.98. The molecule has 0 amide bonds. The molecule has 1 aliphatic heterocycles. The van der Waals surface area contributed by atoms with Gasteiger partial charge in [-0.05, 0) is 75.6 Å². The van der Waals surface area contributed by atoms with Gasteiger partial charge in [-0.1, -0.05) is 40.5 Å². The number of piperidine rings is 1. The summed E-state index contributed by atoms with van der Waals surface area (Å²) in [4.78, 5) is 7.02. The maximum atomic E-state index is 13.9. The first-order valence-electron chi connectivity index (χ1n) is 15.4. The molecule has 1 saturated heterocycles. The van der Waals surface area contributed by atoms with Crippen molar-refractivity contribution in [1.29, 1.82) is 5.26 Å². The fourth-order valence-electron chi connectivity index (χ4n) is 5.98. The molecule has 1 fully saturated rings. The Labute approximate surface area is 283 Å². The summed E-state index contributed by atoms with van der Waals surface area (Å²) in [7, 11) is 1.59. The Morgan fingerprint density at radius 2 is 1.81 bits per heavy atom. The molecule has 0 saturated carbocycles. The van der Waals surface area contributed by atoms with E-state index in [-0.39, 0.29) is 16.6 Å². The predicted octanol–water partition coefficient (Wildman–Crippen LogP) is 8.53. The van der Waals surface area contributed by atoms with Gasteiger partial charge in [-0.2, -0.15) is 5.26 Å². The SMILES string of the molecule is COc1cc2ncc(C#N)c(Nc3ccc(F)c(Cl)c3)c2cc1NC(c1ccc(Cl)cc1)c1cn(C2CCN(C(C)(C)C)CC2)nn1. The van der Waals surface area contributed by atoms with Crippen LogP contribution in [0.2, 0.25) is 10.0 Å². The summed E-state index contributed by atoms with van der Waals surface area (Å²) in [5, 5.41) is 27.3. The highest BCUT2D eigenvalue weighted by molar-refractivity contribution is 6.31. The Morgan fingerprint density at radius 1 is 1.06 bits per heavy atom. The van der Waals surface area contributed by atoms with Crippen molar-refractivity contribution < 1.29 is 9.13 Å². The van der Waals surface area contributed by atoms with Crippen LogP contribution in [0.1, 0.15) is 62.5 Å². The number of pyridine rings is 1. The molecule has 5 aromatic rings. The van der Waals surface area contributed by atoms with Gasteiger partial charge >= 0.3 is 0 Å². The van der Waals surface area contributed by atoms with Crippen LogP contribution >= 0.6 is 23.2 Å². The third-order valence-electron chi connectivity index (χ3n) is 8.61. The van der Waals surface area contributed by atoms with Crippen LogP contribution in [0.4, 0.5) is 21.5 Å². The van der Waals surface area contributed by atoms with Crippen LogP contribution in [0.5, 0.6) is 5.75 Å². The number of rotatable bonds is 8. The highest BCUT2D eigenvalue weighted by Gasteiger charge is 2.29. The standard InChI is InChI=1S/C35H35Cl2FN8O/c1-35(2,3)45-13-11-25(12-14-45)46-20-31(43-44-46)34(21-5-7-23(36)8-6-21)42-30-16-26-29(17-32(30)47-4)40-19-22(18-39)33(26)41-24-9-10-28(38)27(37)15-24/h5-10,15-17,19-20,25,34,42H,11-14H2,1-4H3,(H,40,41). The second-order valence-corrected chi connectivity index (χ2v) is 13.5. The van der Waals surface area contributed by atoms with Gasteiger partial charge in [0.05, 0.1) is 52.9 Å². The van der Waals surface area contributed by atoms with E-state index in [0.29, 0.717) is 44.3 Å². The molecule has 3 aromatic carbocycles. The van der Waals surface area contributed by atoms with Crippen molar-refractivity contribution in [2.45, 2.75) is 51.2 Å². The molecular weight excluding hydrogens is 638 g/mol. The van der Waals surface area contributed by atoms with Gasteiger partial charge in [0.25, 0.3) is 0 Å². The normalized spacial score (nSPS) is 14.9. The quantitative estimate of drug-likeness (QED) is 0.169. The van der Waals surface area contributed by atoms with E-state index < -0.39 is 11.9 Å². The van der Waals surface area contributed by atoms with Gasteiger partial charge in [0.2, 0.25) is 0 Å². The number of hydrogen-bond acceptors (Lipinski definition) is 8. The number of methoxy groups -OCH3 is 1. The summed E-state index contributed by atoms with van der Waals surface area (Å²) >= 11 is 12.3. The number of likely N-dealkylation sites (tertiary alicyclic amines) is 1. The smallest absolute Gasteiger partial charge is 0.144 e. The van der Waals surface area contributed by atoms with Crippen molar-refractivity contribution in [1.82, 2.24) is 24.9 Å². The van der Waals surface area contributed by atoms with Gasteiger partial charge in [-0.15, -0.1) is 5.10 Å². The molecule has 2 N–H and O–H groups in total. The number of nitriles is 1. The van der Waals surface area contributed by atoms with Crippen LogP contribution in [0.25, 0.3) is 10.9 Å². The fourth-order valence-corrected chi connectivity index (χ4v) is 6.29. The van der Waals surface area contributed by atoms with E-state index in [1.165, 1.54) is 18.3 Å². The molecule has 0 bridgehead atoms. The molecule has 0 spiro atoms. The van der Waals surface area contributed by atoms with Crippen molar-refractivity contribution in [3.63, 3.8) is 0 Å². The average Bonchev–Trinajstić information content (AvgIpc) is 3.55. The molecular formula is C35H35Cl2FN8O. The summed E-state index contributed by atoms with van der Waals surface area (Å²) in [6, 6.07) is 17.6. The molecule has 1 aliphatic rings. The number of aromatic nitrogens is 4. The molecule has 242 valence electrons. The molecule has 2 aromatic heterocycles. The van der Waals surface area contributed by atoms with Crippen LogP contribution in [0.3, 0.4) is 0 Å². The van der Waals surface area contributed by atoms with Crippen molar-refractivity contribution in [3.8, 4) is 11.8 Å². The number of nitrogens with one attached hydrogen (secondary N) is 2. The molecule has 3 heterocycles. The van der Waals surface area contributed by atoms with Crippen molar-refractivity contribution in [3.05, 3.63) is 99.7 Å². The lowest BCUT2D eigenvalue weighted by Crippen LogP contribution is -2.46. The maximum Gasteiger partial charge on any atom is 0.144 e. The van der Waals surface area contributed by atoms with Gasteiger partial charge in [0.1, 0.15) is 23.3 Å². The largest absolute Gasteiger partial charge is 0.495 e. The Balaban J connectivity index is 1.38. The Bertz CT molecular complexity index is 1940. The zero-order chi connectivity index (χ0) is 33.3. The number of fused-ring (bicyclic) bond motifs is 1. The number of anilines is 3. The van der Waals surface area contributed by atoms with Gasteiger partial charge < -0.3 is 15.4 Å². The van der Waals surface area contributed by atoms with Crippen LogP contribution in [0.15, 0.2) is 67.0 Å². The summed E-state index contributed by atoms with van der Waals surface area (Å²) in [6.07, 6.45) is 5.47. The lowest BCUT2D eigenvalue weighted by molar-refractivity contribution is 0.0866. The Hall–Kier alpha value is -4.43. The molecule has 6 rings (SSSR count). The lowest BCUT2D eigenvalue weighted by atomic mass is 9.98. The number of halogens is 3. The number of ether oxygens (including phenoxy) is 1. The number of nitrogens with zero attached hydrogens (tertiary/aromatic N) is 6. The second kappa shape index (κ2) is 13.4. The van der Waals surface area contributed by atoms with E-state index in [1.807, 2.05) is 41.2 Å². The average molecular weight is 674 g/mol. The zero-order valence-corrected chi connectivity index (χ0v) is 28.1. The highest BCUT2D eigenvalue weighted by atomic mass is 35.5. The monoisotopic (exact) mass is 672 g/mol. The summed E-state index contributed by atoms with van der Waals surface area (Å²) in [5.41, 5.74) is 4.36. The second-order valence-electron chi connectivity index (χ2n) is 12.6. The molecule has 47 heavy (non-hydrogen) atoms. The fraction of sp³-hybridized carbons (Fsp3) is 0.314. The zero-order valence-electron chi connectivity index (χ0n) is 26.6. The van der Waals surface area contributed by atoms with E-state index in [1.54, 1.807) is 19.2 Å². The predicted molar refractivity (Wildman–Crippen MR) is 184 cm³/mol. The Kier molecular flexibility index (Phi) is 9.24. The van der Waals surface area contributed by atoms with Crippen LogP contribution in [-0.4, -0.2) is 50.6 Å². The van der Waals surface area contributed by atoms with Gasteiger partial charge in [-0.25, -0.2) is 9.07 Å². The first-order valence-corrected chi connectivity index (χ1v) is 16.1. The minimum Gasteiger partial charge on any atom is -0.495 e. The van der Waals surface area contributed by atoms with Gasteiger partial charge in [-0.3, -0.25) is 9.88 Å². The van der Waals surface area contributed by atoms with E-state index in [4.69, 9.17) is 27.9 Å². The third-order valence-corrected chi connectivity index (χ3v) is 9.15. The number of benzene rings is 3. The Morgan fingerprint density at radius 3 is 2.47 bits per heavy atom. The minimum absolute atomic E-state index is 0.0329. The van der Waals surface area contributed by atoms with E-state index in [2.05, 4.69) is 57.7 Å². The van der Waals surface area contributed by atoms with Crippen LogP contribution < -0.4 is 15.4 Å². The first-order chi connectivity index (χ1) is 22.5. The maximum absolute atomic E-state index is 13.9. The highest BCUT2D eigenvalue weighted by Crippen LogP contribution is 2.39. The van der Waals surface area contributed by atoms with E-state index in [0.717, 1.165) is 37.2 Å². The van der Waals surface area contributed by atoms with Crippen molar-refractivity contribution in [2.24, 2.45) is 0 Å². The van der Waals surface area contributed by atoms with E-state index >= 15 is 0 Å². The molecule has 12 heteroatoms. The van der Waals surface area contributed by atoms with Gasteiger partial charge in [0.15, 0.2) is 0 Å². The summed E-state index contributed by atoms with van der Waals surface area (Å²) in [6.45, 7) is 8.74. The molecule has 1 unspecified atom stereocenters. The molecule has 0 aliphatic carbocycles. The van der Waals surface area contributed by atoms with E-state index in [9.17, 15) is 9.65 Å². The summed E-state index contributed by atoms with van der Waals surface area (Å²) in [5.74, 6) is 0.0143. The molecule has 9 nitrogen and oxygen atoms in total. The molecule has 1 atom stereocenters. The van der Waals surface area contributed by atoms with Crippen LogP contribution in [0, 0.1) is 17.1 Å². The van der Waals surface area contributed by atoms with Crippen molar-refractivity contribution in [2.75, 3.05) is 30.8 Å². The lowest BCUT2D eigenvalue weighted by Gasteiger charge is -2.40. The molecule has 0 radical (unpaired) electrons. The van der Waals surface area contributed by atoms with Crippen molar-refractivity contribution >= 4 is 51.2 Å². The topological polar surface area (TPSA) is 104 Å². The van der Waals surface area contributed by atoms with Crippen LogP contribution in [-0.2, 0) is 0 Å². The minimum atomic E-state index is -0.533. The first kappa shape index (κ1) is 32.5.